The minimum atomic E-state index is -1.04. The van der Waals surface area contributed by atoms with E-state index in [0.717, 1.165) is 0 Å². The first-order chi connectivity index (χ1) is 11.5. The van der Waals surface area contributed by atoms with Crippen LogP contribution in [0.3, 0.4) is 0 Å². The fourth-order valence-electron chi connectivity index (χ4n) is 2.34. The Bertz CT molecular complexity index is 959. The van der Waals surface area contributed by atoms with Crippen LogP contribution in [0.15, 0.2) is 42.5 Å². The van der Waals surface area contributed by atoms with Gasteiger partial charge in [0.25, 0.3) is 0 Å². The molecule has 0 saturated heterocycles. The Morgan fingerprint density at radius 3 is 2.62 bits per heavy atom. The molecule has 0 spiro atoms. The van der Waals surface area contributed by atoms with E-state index in [9.17, 15) is 20.1 Å². The van der Waals surface area contributed by atoms with Crippen molar-refractivity contribution >= 4 is 40.6 Å². The fraction of sp³-hybridized carbons (Fsp3) is 0. The second-order valence-corrected chi connectivity index (χ2v) is 5.51. The first kappa shape index (κ1) is 15.8. The van der Waals surface area contributed by atoms with E-state index < -0.39 is 17.5 Å². The number of aromatic carboxylic acids is 1. The smallest absolute Gasteiger partial charge is 0.336 e. The summed E-state index contributed by atoms with van der Waals surface area (Å²) in [4.78, 5) is 15.8. The molecule has 0 aliphatic rings. The molecule has 0 fully saturated rings. The minimum absolute atomic E-state index is 0.0904. The van der Waals surface area contributed by atoms with E-state index in [1.807, 2.05) is 0 Å². The highest BCUT2D eigenvalue weighted by Crippen LogP contribution is 2.32. The summed E-state index contributed by atoms with van der Waals surface area (Å²) in [7, 11) is 0. The zero-order valence-electron chi connectivity index (χ0n) is 12.2. The number of aromatic nitrogens is 1. The SMILES string of the molecule is O=C(O)c1cc(/C=C/c2cc(O)c([O-])c(Cl)c2)nc2ccccc12. The number of carbonyl (C=O) groups is 1. The fourth-order valence-corrected chi connectivity index (χ4v) is 2.56. The highest BCUT2D eigenvalue weighted by molar-refractivity contribution is 6.32. The molecule has 3 aromatic rings. The van der Waals surface area contributed by atoms with Gasteiger partial charge in [-0.3, -0.25) is 0 Å². The van der Waals surface area contributed by atoms with E-state index in [1.54, 1.807) is 36.4 Å². The van der Waals surface area contributed by atoms with Crippen LogP contribution in [0, 0.1) is 0 Å². The van der Waals surface area contributed by atoms with E-state index in [-0.39, 0.29) is 10.6 Å². The van der Waals surface area contributed by atoms with Gasteiger partial charge >= 0.3 is 5.97 Å². The molecule has 0 aliphatic heterocycles. The van der Waals surface area contributed by atoms with Crippen molar-refractivity contribution in [2.45, 2.75) is 0 Å². The van der Waals surface area contributed by atoms with Crippen LogP contribution in [0.5, 0.6) is 11.5 Å². The molecule has 2 N–H and O–H groups in total. The lowest BCUT2D eigenvalue weighted by Gasteiger charge is -2.11. The Balaban J connectivity index is 2.05. The summed E-state index contributed by atoms with van der Waals surface area (Å²) < 4.78 is 0. The van der Waals surface area contributed by atoms with Gasteiger partial charge in [0.2, 0.25) is 0 Å². The number of benzene rings is 2. The maximum atomic E-state index is 11.4. The number of phenolic OH excluding ortho intramolecular Hbond substituents is 1. The maximum Gasteiger partial charge on any atom is 0.336 e. The highest BCUT2D eigenvalue weighted by Gasteiger charge is 2.10. The molecule has 6 heteroatoms. The van der Waals surface area contributed by atoms with E-state index in [4.69, 9.17) is 11.6 Å². The number of nitrogens with zero attached hydrogens (tertiary/aromatic N) is 1. The normalized spacial score (nSPS) is 11.2. The van der Waals surface area contributed by atoms with Gasteiger partial charge in [0.1, 0.15) is 5.75 Å². The molecule has 2 aromatic carbocycles. The summed E-state index contributed by atoms with van der Waals surface area (Å²) >= 11 is 5.75. The zero-order valence-corrected chi connectivity index (χ0v) is 13.0. The standard InChI is InChI=1S/C18H12ClNO4/c19-14-7-10(8-16(21)17(14)22)5-6-11-9-13(18(23)24)12-3-1-2-4-15(12)20-11/h1-9,21-22H,(H,23,24)/p-1/b6-5+. The van der Waals surface area contributed by atoms with Gasteiger partial charge in [-0.15, -0.1) is 0 Å². The van der Waals surface area contributed by atoms with Crippen LogP contribution in [0.2, 0.25) is 5.02 Å². The number of pyridine rings is 1. The second-order valence-electron chi connectivity index (χ2n) is 5.10. The summed E-state index contributed by atoms with van der Waals surface area (Å²) in [6, 6.07) is 11.1. The molecule has 0 atom stereocenters. The van der Waals surface area contributed by atoms with Crippen molar-refractivity contribution in [1.29, 1.82) is 0 Å². The number of hydrogen-bond donors (Lipinski definition) is 2. The first-order valence-electron chi connectivity index (χ1n) is 6.96. The molecule has 24 heavy (non-hydrogen) atoms. The number of aromatic hydroxyl groups is 1. The quantitative estimate of drug-likeness (QED) is 0.760. The third-order valence-electron chi connectivity index (χ3n) is 3.46. The van der Waals surface area contributed by atoms with Gasteiger partial charge < -0.3 is 15.3 Å². The molecule has 0 bridgehead atoms. The van der Waals surface area contributed by atoms with Gasteiger partial charge in [-0.25, -0.2) is 9.78 Å². The number of rotatable bonds is 3. The van der Waals surface area contributed by atoms with Crippen molar-refractivity contribution in [3.63, 3.8) is 0 Å². The largest absolute Gasteiger partial charge is 0.869 e. The average molecular weight is 341 g/mol. The van der Waals surface area contributed by atoms with Crippen LogP contribution in [-0.2, 0) is 0 Å². The third kappa shape index (κ3) is 3.02. The summed E-state index contributed by atoms with van der Waals surface area (Å²) in [6.45, 7) is 0. The van der Waals surface area contributed by atoms with Crippen LogP contribution in [0.4, 0.5) is 0 Å². The average Bonchev–Trinajstić information content (AvgIpc) is 2.56. The first-order valence-corrected chi connectivity index (χ1v) is 7.34. The molecular formula is C18H11ClNO4-. The molecule has 1 heterocycles. The number of carboxylic acid groups (broad SMARTS) is 1. The summed E-state index contributed by atoms with van der Waals surface area (Å²) in [6.07, 6.45) is 3.18. The van der Waals surface area contributed by atoms with Crippen LogP contribution < -0.4 is 5.11 Å². The molecule has 0 unspecified atom stereocenters. The highest BCUT2D eigenvalue weighted by atomic mass is 35.5. The predicted octanol–water partition coefficient (Wildman–Crippen LogP) is 3.54. The van der Waals surface area contributed by atoms with E-state index in [0.29, 0.717) is 22.2 Å². The van der Waals surface area contributed by atoms with Crippen molar-refractivity contribution in [3.8, 4) is 11.5 Å². The van der Waals surface area contributed by atoms with Crippen LogP contribution in [0.25, 0.3) is 23.1 Å². The van der Waals surface area contributed by atoms with Crippen molar-refractivity contribution in [2.24, 2.45) is 0 Å². The number of carboxylic acids is 1. The maximum absolute atomic E-state index is 11.4. The van der Waals surface area contributed by atoms with E-state index in [2.05, 4.69) is 4.98 Å². The Hall–Kier alpha value is -3.05. The number of hydrogen-bond acceptors (Lipinski definition) is 4. The Kier molecular flexibility index (Phi) is 4.10. The Morgan fingerprint density at radius 2 is 1.92 bits per heavy atom. The van der Waals surface area contributed by atoms with Crippen LogP contribution >= 0.6 is 11.6 Å². The Morgan fingerprint density at radius 1 is 1.17 bits per heavy atom. The molecule has 0 aliphatic carbocycles. The van der Waals surface area contributed by atoms with Crippen LogP contribution in [-0.4, -0.2) is 21.2 Å². The number of phenols is 1. The van der Waals surface area contributed by atoms with Gasteiger partial charge in [0, 0.05) is 10.4 Å². The summed E-state index contributed by atoms with van der Waals surface area (Å²) in [5, 5.41) is 30.7. The van der Waals surface area contributed by atoms with Gasteiger partial charge in [0.15, 0.2) is 0 Å². The monoisotopic (exact) mass is 340 g/mol. The van der Waals surface area contributed by atoms with Gasteiger partial charge in [-0.2, -0.15) is 0 Å². The lowest BCUT2D eigenvalue weighted by molar-refractivity contribution is -0.270. The summed E-state index contributed by atoms with van der Waals surface area (Å²) in [5.74, 6) is -2.12. The third-order valence-corrected chi connectivity index (χ3v) is 3.74. The number of fused-ring (bicyclic) bond motifs is 1. The van der Waals surface area contributed by atoms with Gasteiger partial charge in [0.05, 0.1) is 16.8 Å². The predicted molar refractivity (Wildman–Crippen MR) is 90.2 cm³/mol. The lowest BCUT2D eigenvalue weighted by Crippen LogP contribution is -2.00. The number of para-hydroxylation sites is 1. The van der Waals surface area contributed by atoms with Gasteiger partial charge in [-0.05, 0) is 41.7 Å². The summed E-state index contributed by atoms with van der Waals surface area (Å²) in [5.41, 5.74) is 1.65. The van der Waals surface area contributed by atoms with Crippen molar-refractivity contribution in [1.82, 2.24) is 4.98 Å². The molecule has 5 nitrogen and oxygen atoms in total. The van der Waals surface area contributed by atoms with Crippen LogP contribution in [0.1, 0.15) is 21.6 Å². The van der Waals surface area contributed by atoms with E-state index in [1.165, 1.54) is 18.2 Å². The van der Waals surface area contributed by atoms with Crippen molar-refractivity contribution in [2.75, 3.05) is 0 Å². The number of halogens is 1. The minimum Gasteiger partial charge on any atom is -0.869 e. The van der Waals surface area contributed by atoms with Crippen molar-refractivity contribution in [3.05, 3.63) is 64.3 Å². The Labute approximate surface area is 142 Å². The zero-order chi connectivity index (χ0) is 17.3. The molecule has 0 radical (unpaired) electrons. The van der Waals surface area contributed by atoms with E-state index >= 15 is 0 Å². The van der Waals surface area contributed by atoms with Gasteiger partial charge in [-0.1, -0.05) is 35.9 Å². The molecule has 1 aromatic heterocycles. The second kappa shape index (κ2) is 6.22. The van der Waals surface area contributed by atoms with Crippen molar-refractivity contribution < 1.29 is 20.1 Å². The molecule has 0 saturated carbocycles. The molecule has 0 amide bonds. The molecular weight excluding hydrogens is 330 g/mol. The molecule has 3 rings (SSSR count). The molecule has 120 valence electrons. The lowest BCUT2D eigenvalue weighted by atomic mass is 10.1. The topological polar surface area (TPSA) is 93.5 Å².